The van der Waals surface area contributed by atoms with E-state index in [1.165, 1.54) is 6.07 Å². The molecule has 1 aromatic rings. The molecule has 1 unspecified atom stereocenters. The first-order chi connectivity index (χ1) is 8.04. The van der Waals surface area contributed by atoms with Crippen LogP contribution >= 0.6 is 0 Å². The Hall–Kier alpha value is -1.09. The third-order valence-electron chi connectivity index (χ3n) is 2.47. The van der Waals surface area contributed by atoms with Crippen LogP contribution < -0.4 is 4.74 Å². The number of rotatable bonds is 6. The average molecular weight is 240 g/mol. The summed E-state index contributed by atoms with van der Waals surface area (Å²) in [6.45, 7) is 6.65. The van der Waals surface area contributed by atoms with Gasteiger partial charge in [-0.1, -0.05) is 27.2 Å². The van der Waals surface area contributed by atoms with Crippen LogP contribution in [-0.4, -0.2) is 11.7 Å². The van der Waals surface area contributed by atoms with Crippen LogP contribution in [-0.2, 0) is 0 Å². The van der Waals surface area contributed by atoms with E-state index in [2.05, 4.69) is 13.8 Å². The highest BCUT2D eigenvalue weighted by Gasteiger charge is 2.13. The summed E-state index contributed by atoms with van der Waals surface area (Å²) in [6.07, 6.45) is 0.630. The second-order valence-electron chi connectivity index (χ2n) is 4.69. The first kappa shape index (κ1) is 14.0. The Morgan fingerprint density at radius 3 is 2.65 bits per heavy atom. The Balaban J connectivity index is 2.78. The van der Waals surface area contributed by atoms with E-state index in [-0.39, 0.29) is 5.82 Å². The number of aliphatic hydroxyl groups excluding tert-OH is 1. The molecular formula is C14H21FO2. The molecule has 0 spiro atoms. The first-order valence-electron chi connectivity index (χ1n) is 6.14. The van der Waals surface area contributed by atoms with Gasteiger partial charge < -0.3 is 9.84 Å². The van der Waals surface area contributed by atoms with Crippen molar-refractivity contribution in [2.45, 2.75) is 39.7 Å². The van der Waals surface area contributed by atoms with E-state index >= 15 is 0 Å². The number of benzene rings is 1. The highest BCUT2D eigenvalue weighted by molar-refractivity contribution is 5.31. The third-order valence-corrected chi connectivity index (χ3v) is 2.47. The minimum Gasteiger partial charge on any atom is -0.493 e. The Kier molecular flexibility index (Phi) is 5.42. The number of ether oxygens (including phenoxy) is 1. The lowest BCUT2D eigenvalue weighted by molar-refractivity contribution is 0.161. The van der Waals surface area contributed by atoms with E-state index in [0.717, 1.165) is 6.42 Å². The number of hydrogen-bond donors (Lipinski definition) is 1. The third kappa shape index (κ3) is 4.35. The standard InChI is InChI=1S/C14H21FO2/c1-4-5-14(16)12-8-11(6-7-13(12)15)17-9-10(2)3/h6-8,10,14,16H,4-5,9H2,1-3H3. The summed E-state index contributed by atoms with van der Waals surface area (Å²) < 4.78 is 19.0. The van der Waals surface area contributed by atoms with Crippen LogP contribution in [0.5, 0.6) is 5.75 Å². The SMILES string of the molecule is CCCC(O)c1cc(OCC(C)C)ccc1F. The van der Waals surface area contributed by atoms with Gasteiger partial charge in [0.2, 0.25) is 0 Å². The van der Waals surface area contributed by atoms with Gasteiger partial charge >= 0.3 is 0 Å². The lowest BCUT2D eigenvalue weighted by Gasteiger charge is -2.14. The van der Waals surface area contributed by atoms with Gasteiger partial charge in [0.05, 0.1) is 12.7 Å². The molecule has 1 aromatic carbocycles. The molecule has 0 amide bonds. The van der Waals surface area contributed by atoms with Crippen LogP contribution in [0.25, 0.3) is 0 Å². The molecule has 1 N–H and O–H groups in total. The highest BCUT2D eigenvalue weighted by Crippen LogP contribution is 2.25. The van der Waals surface area contributed by atoms with Crippen molar-refractivity contribution >= 4 is 0 Å². The van der Waals surface area contributed by atoms with Gasteiger partial charge in [-0.3, -0.25) is 0 Å². The zero-order chi connectivity index (χ0) is 12.8. The molecule has 0 aliphatic carbocycles. The van der Waals surface area contributed by atoms with Crippen LogP contribution in [0.3, 0.4) is 0 Å². The van der Waals surface area contributed by atoms with Crippen LogP contribution in [0.15, 0.2) is 18.2 Å². The maximum Gasteiger partial charge on any atom is 0.129 e. The van der Waals surface area contributed by atoms with E-state index in [1.807, 2.05) is 6.92 Å². The van der Waals surface area contributed by atoms with Crippen molar-refractivity contribution in [2.75, 3.05) is 6.61 Å². The second-order valence-corrected chi connectivity index (χ2v) is 4.69. The summed E-state index contributed by atoms with van der Waals surface area (Å²) in [7, 11) is 0. The largest absolute Gasteiger partial charge is 0.493 e. The van der Waals surface area contributed by atoms with Crippen LogP contribution in [0.1, 0.15) is 45.3 Å². The fourth-order valence-electron chi connectivity index (χ4n) is 1.56. The van der Waals surface area contributed by atoms with E-state index < -0.39 is 6.10 Å². The average Bonchev–Trinajstić information content (AvgIpc) is 2.28. The maximum absolute atomic E-state index is 13.5. The second kappa shape index (κ2) is 6.60. The topological polar surface area (TPSA) is 29.5 Å². The smallest absolute Gasteiger partial charge is 0.129 e. The van der Waals surface area contributed by atoms with Crippen molar-refractivity contribution < 1.29 is 14.2 Å². The van der Waals surface area contributed by atoms with Gasteiger partial charge in [-0.05, 0) is 30.5 Å². The maximum atomic E-state index is 13.5. The summed E-state index contributed by atoms with van der Waals surface area (Å²) in [6, 6.07) is 4.54. The number of halogens is 1. The quantitative estimate of drug-likeness (QED) is 0.821. The predicted octanol–water partition coefficient (Wildman–Crippen LogP) is 3.69. The van der Waals surface area contributed by atoms with Gasteiger partial charge in [0.25, 0.3) is 0 Å². The van der Waals surface area contributed by atoms with Crippen molar-refractivity contribution in [1.82, 2.24) is 0 Å². The summed E-state index contributed by atoms with van der Waals surface area (Å²) >= 11 is 0. The van der Waals surface area contributed by atoms with Crippen molar-refractivity contribution in [3.05, 3.63) is 29.6 Å². The Bertz CT molecular complexity index is 350. The Morgan fingerprint density at radius 1 is 1.35 bits per heavy atom. The number of aliphatic hydroxyl groups is 1. The lowest BCUT2D eigenvalue weighted by atomic mass is 10.0. The van der Waals surface area contributed by atoms with Crippen molar-refractivity contribution in [2.24, 2.45) is 5.92 Å². The summed E-state index contributed by atoms with van der Waals surface area (Å²) in [4.78, 5) is 0. The highest BCUT2D eigenvalue weighted by atomic mass is 19.1. The van der Waals surface area contributed by atoms with Crippen LogP contribution in [0.2, 0.25) is 0 Å². The van der Waals surface area contributed by atoms with Crippen LogP contribution in [0, 0.1) is 11.7 Å². The summed E-state index contributed by atoms with van der Waals surface area (Å²) in [5.74, 6) is 0.664. The predicted molar refractivity (Wildman–Crippen MR) is 66.6 cm³/mol. The van der Waals surface area contributed by atoms with Gasteiger partial charge in [0.15, 0.2) is 0 Å². The summed E-state index contributed by atoms with van der Waals surface area (Å²) in [5.41, 5.74) is 0.327. The van der Waals surface area contributed by atoms with Gasteiger partial charge in [0, 0.05) is 5.56 Å². The zero-order valence-corrected chi connectivity index (χ0v) is 10.7. The molecule has 17 heavy (non-hydrogen) atoms. The first-order valence-corrected chi connectivity index (χ1v) is 6.14. The molecule has 0 fully saturated rings. The molecule has 3 heteroatoms. The molecule has 0 bridgehead atoms. The van der Waals surface area contributed by atoms with E-state index in [9.17, 15) is 9.50 Å². The van der Waals surface area contributed by atoms with E-state index in [1.54, 1.807) is 12.1 Å². The molecule has 0 saturated carbocycles. The van der Waals surface area contributed by atoms with Gasteiger partial charge in [-0.2, -0.15) is 0 Å². The van der Waals surface area contributed by atoms with Gasteiger partial charge in [-0.15, -0.1) is 0 Å². The minimum atomic E-state index is -0.748. The zero-order valence-electron chi connectivity index (χ0n) is 10.7. The van der Waals surface area contributed by atoms with Gasteiger partial charge in [0.1, 0.15) is 11.6 Å². The molecule has 0 radical (unpaired) electrons. The molecule has 96 valence electrons. The molecule has 0 aliphatic heterocycles. The van der Waals surface area contributed by atoms with Crippen molar-refractivity contribution in [3.63, 3.8) is 0 Å². The molecule has 2 nitrogen and oxygen atoms in total. The van der Waals surface area contributed by atoms with Crippen molar-refractivity contribution in [1.29, 1.82) is 0 Å². The number of hydrogen-bond acceptors (Lipinski definition) is 2. The Labute approximate surface area is 102 Å². The monoisotopic (exact) mass is 240 g/mol. The molecule has 0 saturated heterocycles. The minimum absolute atomic E-state index is 0.327. The molecule has 0 heterocycles. The molecule has 1 rings (SSSR count). The fraction of sp³-hybridized carbons (Fsp3) is 0.571. The van der Waals surface area contributed by atoms with Crippen molar-refractivity contribution in [3.8, 4) is 5.75 Å². The molecular weight excluding hydrogens is 219 g/mol. The normalized spacial score (nSPS) is 12.8. The Morgan fingerprint density at radius 2 is 2.06 bits per heavy atom. The van der Waals surface area contributed by atoms with E-state index in [4.69, 9.17) is 4.74 Å². The molecule has 0 aromatic heterocycles. The summed E-state index contributed by atoms with van der Waals surface area (Å²) in [5, 5.41) is 9.81. The van der Waals surface area contributed by atoms with E-state index in [0.29, 0.717) is 30.3 Å². The van der Waals surface area contributed by atoms with Gasteiger partial charge in [-0.25, -0.2) is 4.39 Å². The molecule has 0 aliphatic rings. The molecule has 1 atom stereocenters. The lowest BCUT2D eigenvalue weighted by Crippen LogP contribution is -2.06. The fourth-order valence-corrected chi connectivity index (χ4v) is 1.56. The van der Waals surface area contributed by atoms with Crippen LogP contribution in [0.4, 0.5) is 4.39 Å².